The number of carboxylic acids is 1. The van der Waals surface area contributed by atoms with Crippen molar-refractivity contribution >= 4 is 18.0 Å². The van der Waals surface area contributed by atoms with Crippen LogP contribution in [0.15, 0.2) is 30.6 Å². The van der Waals surface area contributed by atoms with Crippen molar-refractivity contribution in [3.63, 3.8) is 0 Å². The first kappa shape index (κ1) is 15.2. The van der Waals surface area contributed by atoms with Crippen LogP contribution >= 0.6 is 0 Å². The molecule has 5 heteroatoms. The van der Waals surface area contributed by atoms with Crippen molar-refractivity contribution in [2.75, 3.05) is 13.1 Å². The second-order valence-electron chi connectivity index (χ2n) is 5.34. The summed E-state index contributed by atoms with van der Waals surface area (Å²) in [4.78, 5) is 28.6. The molecule has 0 bridgehead atoms. The minimum atomic E-state index is -0.769. The summed E-state index contributed by atoms with van der Waals surface area (Å²) in [7, 11) is 0. The lowest BCUT2D eigenvalue weighted by Gasteiger charge is -2.32. The summed E-state index contributed by atoms with van der Waals surface area (Å²) in [6.45, 7) is 1.41. The van der Waals surface area contributed by atoms with E-state index in [-0.39, 0.29) is 12.3 Å². The maximum atomic E-state index is 12.2. The summed E-state index contributed by atoms with van der Waals surface area (Å²) in [6, 6.07) is 3.72. The second kappa shape index (κ2) is 7.57. The first-order valence-electron chi connectivity index (χ1n) is 7.24. The highest BCUT2D eigenvalue weighted by Gasteiger charge is 2.22. The number of pyridine rings is 1. The molecule has 21 heavy (non-hydrogen) atoms. The van der Waals surface area contributed by atoms with Gasteiger partial charge < -0.3 is 10.0 Å². The number of hydrogen-bond acceptors (Lipinski definition) is 3. The fraction of sp³-hybridized carbons (Fsp3) is 0.438. The molecule has 1 amide bonds. The number of carbonyl (C=O) groups is 2. The number of nitrogens with zero attached hydrogens (tertiary/aromatic N) is 2. The van der Waals surface area contributed by atoms with Gasteiger partial charge in [0.1, 0.15) is 0 Å². The highest BCUT2D eigenvalue weighted by atomic mass is 16.4. The van der Waals surface area contributed by atoms with Crippen LogP contribution in [0.5, 0.6) is 0 Å². The lowest BCUT2D eigenvalue weighted by atomic mass is 9.93. The van der Waals surface area contributed by atoms with Crippen LogP contribution in [0.3, 0.4) is 0 Å². The van der Waals surface area contributed by atoms with Gasteiger partial charge in [-0.3, -0.25) is 14.6 Å². The molecule has 2 rings (SSSR count). The van der Waals surface area contributed by atoms with Crippen molar-refractivity contribution in [2.24, 2.45) is 5.92 Å². The van der Waals surface area contributed by atoms with Gasteiger partial charge in [0.05, 0.1) is 0 Å². The molecular weight excluding hydrogens is 268 g/mol. The first-order chi connectivity index (χ1) is 10.1. The van der Waals surface area contributed by atoms with Gasteiger partial charge in [0.25, 0.3) is 0 Å². The van der Waals surface area contributed by atoms with E-state index in [9.17, 15) is 9.59 Å². The number of piperidine rings is 1. The van der Waals surface area contributed by atoms with Gasteiger partial charge in [0.15, 0.2) is 0 Å². The lowest BCUT2D eigenvalue weighted by molar-refractivity contribution is -0.137. The quantitative estimate of drug-likeness (QED) is 0.843. The number of carboxylic acid groups (broad SMARTS) is 1. The predicted octanol–water partition coefficient (Wildman–Crippen LogP) is 2.20. The van der Waals surface area contributed by atoms with Crippen LogP contribution in [-0.2, 0) is 9.59 Å². The van der Waals surface area contributed by atoms with Crippen molar-refractivity contribution in [2.45, 2.75) is 25.7 Å². The van der Waals surface area contributed by atoms with Gasteiger partial charge in [0, 0.05) is 38.0 Å². The lowest BCUT2D eigenvalue weighted by Crippen LogP contribution is -2.39. The largest absolute Gasteiger partial charge is 0.481 e. The van der Waals surface area contributed by atoms with Crippen molar-refractivity contribution in [1.82, 2.24) is 9.88 Å². The summed E-state index contributed by atoms with van der Waals surface area (Å²) in [5.41, 5.74) is 0.894. The molecule has 1 saturated heterocycles. The third kappa shape index (κ3) is 5.02. The van der Waals surface area contributed by atoms with Gasteiger partial charge in [-0.25, -0.2) is 0 Å². The van der Waals surface area contributed by atoms with E-state index in [2.05, 4.69) is 4.98 Å². The molecule has 1 atom stereocenters. The van der Waals surface area contributed by atoms with Crippen LogP contribution < -0.4 is 0 Å². The number of hydrogen-bond donors (Lipinski definition) is 1. The fourth-order valence-electron chi connectivity index (χ4n) is 2.58. The van der Waals surface area contributed by atoms with E-state index in [0.717, 1.165) is 24.9 Å². The molecule has 0 saturated carbocycles. The van der Waals surface area contributed by atoms with Gasteiger partial charge in [-0.05, 0) is 42.9 Å². The minimum absolute atomic E-state index is 0.0149. The second-order valence-corrected chi connectivity index (χ2v) is 5.34. The molecule has 1 N–H and O–H groups in total. The molecule has 5 nitrogen and oxygen atoms in total. The van der Waals surface area contributed by atoms with Gasteiger partial charge in [0.2, 0.25) is 5.91 Å². The SMILES string of the molecule is O=C(O)CC[C@H]1CCCN(C(=O)/C=C\c2cccnc2)C1. The zero-order chi connectivity index (χ0) is 15.1. The highest BCUT2D eigenvalue weighted by molar-refractivity contribution is 5.91. The Hall–Kier alpha value is -2.17. The third-order valence-electron chi connectivity index (χ3n) is 3.70. The Bertz CT molecular complexity index is 514. The standard InChI is InChI=1S/C16H20N2O3/c19-15(7-5-13-3-1-9-17-11-13)18-10-2-4-14(12-18)6-8-16(20)21/h1,3,5,7,9,11,14H,2,4,6,8,10,12H2,(H,20,21)/b7-5-/t14-/m1/s1. The summed E-state index contributed by atoms with van der Waals surface area (Å²) in [5.74, 6) is -0.487. The molecule has 1 aliphatic heterocycles. The average molecular weight is 288 g/mol. The molecule has 1 aromatic heterocycles. The van der Waals surface area contributed by atoms with Crippen molar-refractivity contribution in [3.05, 3.63) is 36.2 Å². The zero-order valence-corrected chi connectivity index (χ0v) is 11.9. The molecule has 1 aliphatic rings. The van der Waals surface area contributed by atoms with E-state index in [4.69, 9.17) is 5.11 Å². The normalized spacial score (nSPS) is 18.9. The molecule has 1 aromatic rings. The molecule has 2 heterocycles. The van der Waals surface area contributed by atoms with Crippen LogP contribution in [0.1, 0.15) is 31.2 Å². The van der Waals surface area contributed by atoms with Crippen LogP contribution in [0, 0.1) is 5.92 Å². The summed E-state index contributed by atoms with van der Waals surface area (Å²) < 4.78 is 0. The van der Waals surface area contributed by atoms with Crippen LogP contribution in [0.2, 0.25) is 0 Å². The summed E-state index contributed by atoms with van der Waals surface area (Å²) in [5, 5.41) is 8.73. The van der Waals surface area contributed by atoms with E-state index >= 15 is 0 Å². The summed E-state index contributed by atoms with van der Waals surface area (Å²) in [6.07, 6.45) is 9.49. The van der Waals surface area contributed by atoms with Crippen molar-refractivity contribution in [3.8, 4) is 0 Å². The smallest absolute Gasteiger partial charge is 0.303 e. The molecule has 0 unspecified atom stereocenters. The van der Waals surface area contributed by atoms with E-state index in [0.29, 0.717) is 18.9 Å². The van der Waals surface area contributed by atoms with Crippen LogP contribution in [0.25, 0.3) is 6.08 Å². The molecule has 112 valence electrons. The first-order valence-corrected chi connectivity index (χ1v) is 7.24. The van der Waals surface area contributed by atoms with E-state index < -0.39 is 5.97 Å². The zero-order valence-electron chi connectivity index (χ0n) is 11.9. The van der Waals surface area contributed by atoms with Crippen molar-refractivity contribution in [1.29, 1.82) is 0 Å². The van der Waals surface area contributed by atoms with Crippen molar-refractivity contribution < 1.29 is 14.7 Å². The number of rotatable bonds is 5. The Labute approximate surface area is 124 Å². The molecule has 0 spiro atoms. The number of carbonyl (C=O) groups excluding carboxylic acids is 1. The van der Waals surface area contributed by atoms with Gasteiger partial charge in [-0.2, -0.15) is 0 Å². The third-order valence-corrected chi connectivity index (χ3v) is 3.70. The molecular formula is C16H20N2O3. The van der Waals surface area contributed by atoms with E-state index in [1.807, 2.05) is 17.0 Å². The maximum absolute atomic E-state index is 12.2. The Morgan fingerprint density at radius 2 is 2.33 bits per heavy atom. The monoisotopic (exact) mass is 288 g/mol. The number of amides is 1. The average Bonchev–Trinajstić information content (AvgIpc) is 2.52. The number of aromatic nitrogens is 1. The van der Waals surface area contributed by atoms with Gasteiger partial charge >= 0.3 is 5.97 Å². The molecule has 0 radical (unpaired) electrons. The van der Waals surface area contributed by atoms with E-state index in [1.165, 1.54) is 0 Å². The molecule has 0 aliphatic carbocycles. The topological polar surface area (TPSA) is 70.5 Å². The number of aliphatic carboxylic acids is 1. The highest BCUT2D eigenvalue weighted by Crippen LogP contribution is 2.21. The van der Waals surface area contributed by atoms with Crippen LogP contribution in [0.4, 0.5) is 0 Å². The van der Waals surface area contributed by atoms with Gasteiger partial charge in [-0.15, -0.1) is 0 Å². The Morgan fingerprint density at radius 1 is 1.48 bits per heavy atom. The molecule has 0 aromatic carbocycles. The predicted molar refractivity (Wildman–Crippen MR) is 79.4 cm³/mol. The summed E-state index contributed by atoms with van der Waals surface area (Å²) >= 11 is 0. The number of likely N-dealkylation sites (tertiary alicyclic amines) is 1. The Balaban J connectivity index is 1.87. The minimum Gasteiger partial charge on any atom is -0.481 e. The fourth-order valence-corrected chi connectivity index (χ4v) is 2.58. The van der Waals surface area contributed by atoms with E-state index in [1.54, 1.807) is 24.5 Å². The van der Waals surface area contributed by atoms with Gasteiger partial charge in [-0.1, -0.05) is 6.07 Å². The maximum Gasteiger partial charge on any atom is 0.303 e. The molecule has 1 fully saturated rings. The Morgan fingerprint density at radius 3 is 3.05 bits per heavy atom. The van der Waals surface area contributed by atoms with Crippen LogP contribution in [-0.4, -0.2) is 40.0 Å². The Kier molecular flexibility index (Phi) is 5.49.